The second kappa shape index (κ2) is 7.70. The highest BCUT2D eigenvalue weighted by molar-refractivity contribution is 7.09. The average Bonchev–Trinajstić information content (AvgIpc) is 3.41. The third-order valence-corrected chi connectivity index (χ3v) is 5.88. The van der Waals surface area contributed by atoms with Crippen LogP contribution in [0.2, 0.25) is 0 Å². The summed E-state index contributed by atoms with van der Waals surface area (Å²) in [7, 11) is 0. The Morgan fingerprint density at radius 1 is 1.19 bits per heavy atom. The third-order valence-electron chi connectivity index (χ3n) is 5.02. The van der Waals surface area contributed by atoms with Gasteiger partial charge >= 0.3 is 0 Å². The van der Waals surface area contributed by atoms with E-state index in [0.29, 0.717) is 12.2 Å². The van der Waals surface area contributed by atoms with Crippen molar-refractivity contribution in [1.82, 2.24) is 15.0 Å². The molecule has 0 bridgehead atoms. The number of aromatic nitrogens is 1. The van der Waals surface area contributed by atoms with Gasteiger partial charge in [0.15, 0.2) is 5.76 Å². The number of carbonyl (C=O) groups excluding carboxylic acids is 1. The third kappa shape index (κ3) is 3.99. The first-order valence-electron chi connectivity index (χ1n) is 9.14. The van der Waals surface area contributed by atoms with E-state index >= 15 is 0 Å². The Hall–Kier alpha value is -2.38. The number of furan rings is 1. The van der Waals surface area contributed by atoms with E-state index in [0.717, 1.165) is 55.5 Å². The summed E-state index contributed by atoms with van der Waals surface area (Å²) in [5.74, 6) is 1.92. The molecule has 7 heteroatoms. The minimum absolute atomic E-state index is 0.0317. The van der Waals surface area contributed by atoms with Gasteiger partial charge in [0.05, 0.1) is 5.69 Å². The van der Waals surface area contributed by atoms with Gasteiger partial charge in [-0.3, -0.25) is 9.69 Å². The number of piperazine rings is 1. The topological polar surface area (TPSA) is 62.7 Å². The van der Waals surface area contributed by atoms with Gasteiger partial charge in [-0.15, -0.1) is 11.3 Å². The molecule has 1 aliphatic heterocycles. The molecule has 0 saturated carbocycles. The molecule has 4 rings (SSSR count). The summed E-state index contributed by atoms with van der Waals surface area (Å²) in [6.45, 7) is 7.99. The van der Waals surface area contributed by atoms with Crippen molar-refractivity contribution < 1.29 is 13.7 Å². The minimum atomic E-state index is -0.0317. The van der Waals surface area contributed by atoms with Gasteiger partial charge in [0.25, 0.3) is 5.91 Å². The highest BCUT2D eigenvalue weighted by Gasteiger charge is 2.24. The molecule has 0 N–H and O–H groups in total. The Morgan fingerprint density at radius 3 is 2.67 bits per heavy atom. The fraction of sp³-hybridized carbons (Fsp3) is 0.400. The summed E-state index contributed by atoms with van der Waals surface area (Å²) < 4.78 is 11.0. The predicted octanol–water partition coefficient (Wildman–Crippen LogP) is 3.49. The molecule has 3 aromatic heterocycles. The summed E-state index contributed by atoms with van der Waals surface area (Å²) >= 11 is 1.78. The number of rotatable bonds is 5. The van der Waals surface area contributed by atoms with Gasteiger partial charge < -0.3 is 13.8 Å². The van der Waals surface area contributed by atoms with Crippen LogP contribution in [-0.2, 0) is 13.0 Å². The van der Waals surface area contributed by atoms with E-state index in [-0.39, 0.29) is 5.91 Å². The number of hydrogen-bond donors (Lipinski definition) is 0. The number of hydrogen-bond acceptors (Lipinski definition) is 6. The molecule has 27 heavy (non-hydrogen) atoms. The molecule has 0 spiro atoms. The van der Waals surface area contributed by atoms with Gasteiger partial charge in [-0.1, -0.05) is 11.2 Å². The van der Waals surface area contributed by atoms with Crippen LogP contribution in [0, 0.1) is 13.8 Å². The quantitative estimate of drug-likeness (QED) is 0.673. The Morgan fingerprint density at radius 2 is 2.00 bits per heavy atom. The lowest BCUT2D eigenvalue weighted by Gasteiger charge is -2.34. The lowest BCUT2D eigenvalue weighted by Crippen LogP contribution is -2.48. The molecule has 0 atom stereocenters. The highest BCUT2D eigenvalue weighted by Crippen LogP contribution is 2.20. The maximum absolute atomic E-state index is 12.8. The van der Waals surface area contributed by atoms with Crippen molar-refractivity contribution in [3.63, 3.8) is 0 Å². The highest BCUT2D eigenvalue weighted by atomic mass is 32.1. The number of aryl methyl sites for hydroxylation is 2. The zero-order valence-corrected chi connectivity index (χ0v) is 16.4. The number of amides is 1. The van der Waals surface area contributed by atoms with Crippen molar-refractivity contribution in [3.05, 3.63) is 63.1 Å². The Kier molecular flexibility index (Phi) is 5.13. The zero-order chi connectivity index (χ0) is 18.8. The van der Waals surface area contributed by atoms with Crippen molar-refractivity contribution in [1.29, 1.82) is 0 Å². The summed E-state index contributed by atoms with van der Waals surface area (Å²) in [6, 6.07) is 7.88. The molecule has 1 aliphatic rings. The molecule has 1 saturated heterocycles. The summed E-state index contributed by atoms with van der Waals surface area (Å²) in [6.07, 6.45) is 0.586. The van der Waals surface area contributed by atoms with Crippen LogP contribution in [0.1, 0.15) is 38.2 Å². The summed E-state index contributed by atoms with van der Waals surface area (Å²) in [5, 5.41) is 6.07. The van der Waals surface area contributed by atoms with Crippen LogP contribution in [0.15, 0.2) is 38.6 Å². The maximum atomic E-state index is 12.8. The first-order chi connectivity index (χ1) is 13.1. The van der Waals surface area contributed by atoms with E-state index in [9.17, 15) is 4.79 Å². The van der Waals surface area contributed by atoms with Crippen LogP contribution in [0.3, 0.4) is 0 Å². The van der Waals surface area contributed by atoms with Gasteiger partial charge in [-0.25, -0.2) is 0 Å². The van der Waals surface area contributed by atoms with Crippen LogP contribution in [0.25, 0.3) is 0 Å². The van der Waals surface area contributed by atoms with Crippen molar-refractivity contribution in [2.24, 2.45) is 0 Å². The number of carbonyl (C=O) groups is 1. The first kappa shape index (κ1) is 18.0. The lowest BCUT2D eigenvalue weighted by molar-refractivity contribution is 0.0597. The van der Waals surface area contributed by atoms with E-state index in [4.69, 9.17) is 8.94 Å². The number of nitrogens with zero attached hydrogens (tertiary/aromatic N) is 3. The second-order valence-electron chi connectivity index (χ2n) is 6.89. The van der Waals surface area contributed by atoms with Gasteiger partial charge in [0.1, 0.15) is 11.5 Å². The first-order valence-corrected chi connectivity index (χ1v) is 10.0. The zero-order valence-electron chi connectivity index (χ0n) is 15.6. The smallest absolute Gasteiger partial charge is 0.289 e. The van der Waals surface area contributed by atoms with E-state index in [1.807, 2.05) is 24.8 Å². The monoisotopic (exact) mass is 385 g/mol. The fourth-order valence-electron chi connectivity index (χ4n) is 3.40. The minimum Gasteiger partial charge on any atom is -0.456 e. The normalized spacial score (nSPS) is 15.4. The molecule has 1 fully saturated rings. The molecule has 3 aromatic rings. The molecular weight excluding hydrogens is 362 g/mol. The van der Waals surface area contributed by atoms with Gasteiger partial charge in [0, 0.05) is 49.6 Å². The standard InChI is InChI=1S/C20H23N3O3S/c1-14-18(15(2)26-21-14)12-16-5-6-19(25-16)20(24)23-9-7-22(8-10-23)13-17-4-3-11-27-17/h3-6,11H,7-10,12-13H2,1-2H3. The maximum Gasteiger partial charge on any atom is 0.289 e. The van der Waals surface area contributed by atoms with Crippen molar-refractivity contribution in [3.8, 4) is 0 Å². The summed E-state index contributed by atoms with van der Waals surface area (Å²) in [5.41, 5.74) is 1.88. The molecule has 4 heterocycles. The largest absolute Gasteiger partial charge is 0.456 e. The van der Waals surface area contributed by atoms with Crippen LogP contribution in [0.5, 0.6) is 0 Å². The van der Waals surface area contributed by atoms with E-state index in [1.165, 1.54) is 4.88 Å². The van der Waals surface area contributed by atoms with Gasteiger partial charge in [-0.05, 0) is 37.4 Å². The van der Waals surface area contributed by atoms with E-state index in [2.05, 4.69) is 27.6 Å². The van der Waals surface area contributed by atoms with Crippen LogP contribution < -0.4 is 0 Å². The Bertz CT molecular complexity index is 885. The lowest BCUT2D eigenvalue weighted by atomic mass is 10.1. The molecule has 0 radical (unpaired) electrons. The molecule has 1 amide bonds. The van der Waals surface area contributed by atoms with Crippen LogP contribution in [0.4, 0.5) is 0 Å². The SMILES string of the molecule is Cc1noc(C)c1Cc1ccc(C(=O)N2CCN(Cc3cccs3)CC2)o1. The molecule has 142 valence electrons. The van der Waals surface area contributed by atoms with Crippen LogP contribution in [-0.4, -0.2) is 47.0 Å². The summed E-state index contributed by atoms with van der Waals surface area (Å²) in [4.78, 5) is 18.4. The van der Waals surface area contributed by atoms with Crippen molar-refractivity contribution >= 4 is 17.2 Å². The van der Waals surface area contributed by atoms with Gasteiger partial charge in [0.2, 0.25) is 0 Å². The van der Waals surface area contributed by atoms with Crippen molar-refractivity contribution in [2.45, 2.75) is 26.8 Å². The molecular formula is C20H23N3O3S. The number of thiophene rings is 1. The van der Waals surface area contributed by atoms with E-state index in [1.54, 1.807) is 17.4 Å². The molecule has 6 nitrogen and oxygen atoms in total. The van der Waals surface area contributed by atoms with E-state index < -0.39 is 0 Å². The van der Waals surface area contributed by atoms with Crippen molar-refractivity contribution in [2.75, 3.05) is 26.2 Å². The van der Waals surface area contributed by atoms with Crippen LogP contribution >= 0.6 is 11.3 Å². The average molecular weight is 385 g/mol. The molecule has 0 aliphatic carbocycles. The second-order valence-corrected chi connectivity index (χ2v) is 7.93. The Labute approximate surface area is 162 Å². The predicted molar refractivity (Wildman–Crippen MR) is 103 cm³/mol. The Balaban J connectivity index is 1.34. The molecule has 0 unspecified atom stereocenters. The molecule has 0 aromatic carbocycles. The fourth-order valence-corrected chi connectivity index (χ4v) is 4.15. The van der Waals surface area contributed by atoms with Gasteiger partial charge in [-0.2, -0.15) is 0 Å².